The minimum absolute atomic E-state index is 0.144. The Morgan fingerprint density at radius 2 is 2.20 bits per heavy atom. The van der Waals surface area contributed by atoms with Crippen LogP contribution in [0.15, 0.2) is 0 Å². The molecule has 1 aliphatic heterocycles. The quantitative estimate of drug-likeness (QED) is 0.532. The lowest BCUT2D eigenvalue weighted by atomic mass is 10.1. The van der Waals surface area contributed by atoms with Gasteiger partial charge in [0.2, 0.25) is 0 Å². The molecule has 0 amide bonds. The highest BCUT2D eigenvalue weighted by Crippen LogP contribution is 2.05. The van der Waals surface area contributed by atoms with Crippen LogP contribution < -0.4 is 5.32 Å². The lowest BCUT2D eigenvalue weighted by Crippen LogP contribution is -2.38. The molecule has 4 nitrogen and oxygen atoms in total. The summed E-state index contributed by atoms with van der Waals surface area (Å²) >= 11 is 0. The molecule has 1 heterocycles. The molecule has 1 fully saturated rings. The van der Waals surface area contributed by atoms with Gasteiger partial charge in [-0.05, 0) is 19.3 Å². The van der Waals surface area contributed by atoms with E-state index in [4.69, 9.17) is 9.47 Å². The highest BCUT2D eigenvalue weighted by atomic mass is 16.5. The molecular formula is C11H21NO3. The first-order valence-corrected chi connectivity index (χ1v) is 5.79. The molecule has 0 atom stereocenters. The second kappa shape index (κ2) is 7.65. The third kappa shape index (κ3) is 5.74. The van der Waals surface area contributed by atoms with E-state index in [9.17, 15) is 4.79 Å². The van der Waals surface area contributed by atoms with Gasteiger partial charge in [0.1, 0.15) is 0 Å². The minimum Gasteiger partial charge on any atom is -0.465 e. The molecule has 0 unspecified atom stereocenters. The van der Waals surface area contributed by atoms with Gasteiger partial charge in [-0.15, -0.1) is 0 Å². The van der Waals surface area contributed by atoms with Crippen LogP contribution in [0.25, 0.3) is 0 Å². The van der Waals surface area contributed by atoms with Gasteiger partial charge in [0.25, 0.3) is 0 Å². The summed E-state index contributed by atoms with van der Waals surface area (Å²) in [5.74, 6) is -0.144. The molecule has 1 saturated heterocycles. The number of nitrogens with one attached hydrogen (secondary N) is 1. The van der Waals surface area contributed by atoms with Crippen LogP contribution in [0.4, 0.5) is 0 Å². The Morgan fingerprint density at radius 3 is 2.87 bits per heavy atom. The van der Waals surface area contributed by atoms with Crippen molar-refractivity contribution in [2.75, 3.05) is 26.4 Å². The molecule has 0 aromatic carbocycles. The predicted octanol–water partition coefficient (Wildman–Crippen LogP) is 1.10. The summed E-state index contributed by atoms with van der Waals surface area (Å²) in [5.41, 5.74) is 0. The molecule has 1 N–H and O–H groups in total. The predicted molar refractivity (Wildman–Crippen MR) is 57.7 cm³/mol. The van der Waals surface area contributed by atoms with Crippen LogP contribution in [0.3, 0.4) is 0 Å². The Kier molecular flexibility index (Phi) is 6.36. The van der Waals surface area contributed by atoms with Crippen molar-refractivity contribution < 1.29 is 14.3 Å². The van der Waals surface area contributed by atoms with E-state index in [0.717, 1.165) is 38.9 Å². The van der Waals surface area contributed by atoms with E-state index in [1.807, 2.05) is 0 Å². The van der Waals surface area contributed by atoms with Gasteiger partial charge in [-0.3, -0.25) is 4.79 Å². The molecule has 88 valence electrons. The summed E-state index contributed by atoms with van der Waals surface area (Å²) in [6.45, 7) is 4.54. The van der Waals surface area contributed by atoms with Gasteiger partial charge >= 0.3 is 5.97 Å². The molecule has 0 aromatic rings. The lowest BCUT2D eigenvalue weighted by molar-refractivity contribution is -0.142. The van der Waals surface area contributed by atoms with Gasteiger partial charge < -0.3 is 14.8 Å². The lowest BCUT2D eigenvalue weighted by Gasteiger charge is -2.22. The van der Waals surface area contributed by atoms with E-state index in [0.29, 0.717) is 19.2 Å². The zero-order chi connectivity index (χ0) is 10.9. The molecule has 15 heavy (non-hydrogen) atoms. The van der Waals surface area contributed by atoms with Gasteiger partial charge in [-0.25, -0.2) is 0 Å². The molecule has 0 radical (unpaired) electrons. The van der Waals surface area contributed by atoms with Gasteiger partial charge in [-0.2, -0.15) is 0 Å². The number of hydrogen-bond donors (Lipinski definition) is 1. The van der Waals surface area contributed by atoms with E-state index >= 15 is 0 Å². The standard InChI is InChI=1S/C11H21NO3/c1-2-3-6-15-11(13)9-12-10-4-7-14-8-5-10/h10,12H,2-9H2,1H3. The van der Waals surface area contributed by atoms with E-state index < -0.39 is 0 Å². The molecule has 0 aromatic heterocycles. The van der Waals surface area contributed by atoms with E-state index in [-0.39, 0.29) is 5.97 Å². The van der Waals surface area contributed by atoms with Crippen LogP contribution in [0, 0.1) is 0 Å². The highest BCUT2D eigenvalue weighted by molar-refractivity contribution is 5.71. The third-order valence-corrected chi connectivity index (χ3v) is 2.52. The summed E-state index contributed by atoms with van der Waals surface area (Å²) in [6, 6.07) is 0.414. The van der Waals surface area contributed by atoms with Crippen molar-refractivity contribution in [3.05, 3.63) is 0 Å². The van der Waals surface area contributed by atoms with Crippen LogP contribution in [0.5, 0.6) is 0 Å². The molecule has 0 aliphatic carbocycles. The van der Waals surface area contributed by atoms with Crippen LogP contribution in [0.2, 0.25) is 0 Å². The summed E-state index contributed by atoms with van der Waals surface area (Å²) in [7, 11) is 0. The largest absolute Gasteiger partial charge is 0.465 e. The van der Waals surface area contributed by atoms with Crippen molar-refractivity contribution in [3.8, 4) is 0 Å². The van der Waals surface area contributed by atoms with E-state index in [2.05, 4.69) is 12.2 Å². The van der Waals surface area contributed by atoms with Crippen LogP contribution in [-0.2, 0) is 14.3 Å². The molecule has 1 aliphatic rings. The van der Waals surface area contributed by atoms with E-state index in [1.165, 1.54) is 0 Å². The zero-order valence-electron chi connectivity index (χ0n) is 9.46. The molecule has 0 spiro atoms. The second-order valence-electron chi connectivity index (χ2n) is 3.84. The van der Waals surface area contributed by atoms with Crippen LogP contribution in [-0.4, -0.2) is 38.4 Å². The maximum absolute atomic E-state index is 11.2. The van der Waals surface area contributed by atoms with Crippen molar-refractivity contribution in [2.24, 2.45) is 0 Å². The van der Waals surface area contributed by atoms with Gasteiger partial charge in [-0.1, -0.05) is 13.3 Å². The average Bonchev–Trinajstić information content (AvgIpc) is 2.28. The number of carbonyl (C=O) groups is 1. The highest BCUT2D eigenvalue weighted by Gasteiger charge is 2.14. The number of rotatable bonds is 6. The van der Waals surface area contributed by atoms with Crippen molar-refractivity contribution in [1.82, 2.24) is 5.32 Å². The monoisotopic (exact) mass is 215 g/mol. The number of carbonyl (C=O) groups excluding carboxylic acids is 1. The fourth-order valence-electron chi connectivity index (χ4n) is 1.51. The van der Waals surface area contributed by atoms with Gasteiger partial charge in [0.15, 0.2) is 0 Å². The number of ether oxygens (including phenoxy) is 2. The van der Waals surface area contributed by atoms with E-state index in [1.54, 1.807) is 0 Å². The Bertz CT molecular complexity index is 179. The van der Waals surface area contributed by atoms with Crippen molar-refractivity contribution in [2.45, 2.75) is 38.6 Å². The number of hydrogen-bond acceptors (Lipinski definition) is 4. The van der Waals surface area contributed by atoms with Crippen molar-refractivity contribution in [3.63, 3.8) is 0 Å². The molecule has 0 bridgehead atoms. The summed E-state index contributed by atoms with van der Waals surface area (Å²) in [4.78, 5) is 11.2. The second-order valence-corrected chi connectivity index (χ2v) is 3.84. The Labute approximate surface area is 91.3 Å². The Hall–Kier alpha value is -0.610. The summed E-state index contributed by atoms with van der Waals surface area (Å²) < 4.78 is 10.3. The minimum atomic E-state index is -0.144. The molecule has 1 rings (SSSR count). The van der Waals surface area contributed by atoms with Crippen molar-refractivity contribution in [1.29, 1.82) is 0 Å². The maximum Gasteiger partial charge on any atom is 0.319 e. The van der Waals surface area contributed by atoms with Gasteiger partial charge in [0, 0.05) is 19.3 Å². The smallest absolute Gasteiger partial charge is 0.319 e. The van der Waals surface area contributed by atoms with Crippen LogP contribution in [0.1, 0.15) is 32.6 Å². The average molecular weight is 215 g/mol. The first-order valence-electron chi connectivity index (χ1n) is 5.79. The Morgan fingerprint density at radius 1 is 1.47 bits per heavy atom. The number of unbranched alkanes of at least 4 members (excludes halogenated alkanes) is 1. The SMILES string of the molecule is CCCCOC(=O)CNC1CCOCC1. The molecule has 4 heteroatoms. The normalized spacial score (nSPS) is 17.7. The van der Waals surface area contributed by atoms with Crippen LogP contribution >= 0.6 is 0 Å². The summed E-state index contributed by atoms with van der Waals surface area (Å²) in [5, 5.41) is 3.19. The zero-order valence-corrected chi connectivity index (χ0v) is 9.46. The summed E-state index contributed by atoms with van der Waals surface area (Å²) in [6.07, 6.45) is 3.98. The van der Waals surface area contributed by atoms with Gasteiger partial charge in [0.05, 0.1) is 13.2 Å². The number of esters is 1. The first-order chi connectivity index (χ1) is 7.33. The fraction of sp³-hybridized carbons (Fsp3) is 0.909. The Balaban J connectivity index is 2.00. The van der Waals surface area contributed by atoms with Crippen molar-refractivity contribution >= 4 is 5.97 Å². The molecule has 0 saturated carbocycles. The first kappa shape index (κ1) is 12.5. The maximum atomic E-state index is 11.2. The molecular weight excluding hydrogens is 194 g/mol. The third-order valence-electron chi connectivity index (χ3n) is 2.52. The topological polar surface area (TPSA) is 47.6 Å². The fourth-order valence-corrected chi connectivity index (χ4v) is 1.51.